The van der Waals surface area contributed by atoms with Gasteiger partial charge < -0.3 is 23.5 Å². The van der Waals surface area contributed by atoms with Crippen LogP contribution in [0.15, 0.2) is 51.9 Å². The molecule has 1 aromatic carbocycles. The summed E-state index contributed by atoms with van der Waals surface area (Å²) in [6.07, 6.45) is 3.34. The minimum Gasteiger partial charge on any atom is -0.459 e. The summed E-state index contributed by atoms with van der Waals surface area (Å²) in [5.74, 6) is 0.0213. The lowest BCUT2D eigenvalue weighted by atomic mass is 10.1. The molecule has 1 saturated carbocycles. The molecule has 5 rings (SSSR count). The Morgan fingerprint density at radius 3 is 2.44 bits per heavy atom. The second kappa shape index (κ2) is 9.00. The summed E-state index contributed by atoms with van der Waals surface area (Å²) >= 11 is 0. The maximum absolute atomic E-state index is 13.7. The van der Waals surface area contributed by atoms with Gasteiger partial charge in [-0.05, 0) is 50.8 Å². The molecule has 2 aromatic heterocycles. The average molecular weight is 464 g/mol. The second-order valence-corrected chi connectivity index (χ2v) is 9.31. The van der Waals surface area contributed by atoms with E-state index in [1.165, 1.54) is 6.26 Å². The monoisotopic (exact) mass is 463 g/mol. The number of ether oxygens (including phenoxy) is 1. The normalized spacial score (nSPS) is 16.3. The van der Waals surface area contributed by atoms with E-state index in [9.17, 15) is 14.4 Å². The third-order valence-corrected chi connectivity index (χ3v) is 6.45. The Hall–Kier alpha value is -3.55. The van der Waals surface area contributed by atoms with Gasteiger partial charge in [0.2, 0.25) is 0 Å². The fourth-order valence-electron chi connectivity index (χ4n) is 4.60. The molecule has 0 bridgehead atoms. The van der Waals surface area contributed by atoms with Crippen LogP contribution in [0, 0.1) is 5.92 Å². The van der Waals surface area contributed by atoms with E-state index in [1.807, 2.05) is 29.2 Å². The molecule has 0 atom stereocenters. The lowest BCUT2D eigenvalue weighted by Gasteiger charge is -2.37. The van der Waals surface area contributed by atoms with Crippen LogP contribution in [0.25, 0.3) is 10.9 Å². The number of carbonyl (C=O) groups is 2. The number of para-hydroxylation sites is 1. The molecule has 0 radical (unpaired) electrons. The first kappa shape index (κ1) is 22.3. The molecule has 8 nitrogen and oxygen atoms in total. The van der Waals surface area contributed by atoms with Gasteiger partial charge in [0.15, 0.2) is 5.76 Å². The Morgan fingerprint density at radius 1 is 1.06 bits per heavy atom. The van der Waals surface area contributed by atoms with E-state index in [2.05, 4.69) is 0 Å². The zero-order valence-corrected chi connectivity index (χ0v) is 19.5. The molecule has 1 aliphatic heterocycles. The highest BCUT2D eigenvalue weighted by molar-refractivity contribution is 6.05. The minimum atomic E-state index is -0.598. The Bertz CT molecular complexity index is 1270. The number of piperazine rings is 1. The molecule has 8 heteroatoms. The van der Waals surface area contributed by atoms with Gasteiger partial charge in [0.05, 0.1) is 23.6 Å². The standard InChI is InChI=1S/C26H29N3O5/c1-17(2)34-26(32)22-23(27-11-13-28(14-12-27)24(30)21-8-5-15-33-21)19-6-3-4-7-20(19)29(25(22)31)16-18-9-10-18/h3-8,15,17-18H,9-14,16H2,1-2H3. The molecule has 178 valence electrons. The number of hydrogen-bond donors (Lipinski definition) is 0. The van der Waals surface area contributed by atoms with Crippen molar-refractivity contribution in [1.82, 2.24) is 9.47 Å². The van der Waals surface area contributed by atoms with Crippen LogP contribution >= 0.6 is 0 Å². The molecule has 2 fully saturated rings. The number of furan rings is 1. The van der Waals surface area contributed by atoms with Crippen LogP contribution < -0.4 is 10.5 Å². The van der Waals surface area contributed by atoms with Gasteiger partial charge >= 0.3 is 5.97 Å². The van der Waals surface area contributed by atoms with E-state index < -0.39 is 5.97 Å². The van der Waals surface area contributed by atoms with Gasteiger partial charge in [-0.3, -0.25) is 9.59 Å². The molecule has 3 heterocycles. The Kier molecular flexibility index (Phi) is 5.89. The zero-order chi connectivity index (χ0) is 23.8. The zero-order valence-electron chi connectivity index (χ0n) is 19.5. The van der Waals surface area contributed by atoms with Crippen molar-refractivity contribution in [2.75, 3.05) is 31.1 Å². The molecule has 3 aromatic rings. The number of amides is 1. The van der Waals surface area contributed by atoms with Crippen LogP contribution in [0.5, 0.6) is 0 Å². The Labute approximate surface area is 197 Å². The highest BCUT2D eigenvalue weighted by Gasteiger charge is 2.32. The van der Waals surface area contributed by atoms with Crippen molar-refractivity contribution in [3.8, 4) is 0 Å². The van der Waals surface area contributed by atoms with Crippen molar-refractivity contribution >= 4 is 28.5 Å². The summed E-state index contributed by atoms with van der Waals surface area (Å²) in [6, 6.07) is 11.1. The average Bonchev–Trinajstić information content (AvgIpc) is 3.48. The van der Waals surface area contributed by atoms with Gasteiger partial charge in [-0.2, -0.15) is 0 Å². The number of hydrogen-bond acceptors (Lipinski definition) is 6. The number of carbonyl (C=O) groups excluding carboxylic acids is 2. The quantitative estimate of drug-likeness (QED) is 0.520. The topological polar surface area (TPSA) is 85.0 Å². The molecular weight excluding hydrogens is 434 g/mol. The number of fused-ring (bicyclic) bond motifs is 1. The number of pyridine rings is 1. The van der Waals surface area contributed by atoms with Gasteiger partial charge in [0.1, 0.15) is 5.56 Å². The number of rotatable bonds is 6. The maximum atomic E-state index is 13.7. The minimum absolute atomic E-state index is 0.0823. The van der Waals surface area contributed by atoms with Crippen molar-refractivity contribution in [3.63, 3.8) is 0 Å². The molecule has 1 aliphatic carbocycles. The molecule has 34 heavy (non-hydrogen) atoms. The summed E-state index contributed by atoms with van der Waals surface area (Å²) in [7, 11) is 0. The van der Waals surface area contributed by atoms with Crippen molar-refractivity contribution in [3.05, 3.63) is 64.3 Å². The van der Waals surface area contributed by atoms with Crippen LogP contribution in [0.2, 0.25) is 0 Å². The first-order chi connectivity index (χ1) is 16.4. The molecule has 0 N–H and O–H groups in total. The number of anilines is 1. The number of esters is 1. The summed E-state index contributed by atoms with van der Waals surface area (Å²) in [6.45, 7) is 6.05. The van der Waals surface area contributed by atoms with Crippen LogP contribution in [0.1, 0.15) is 47.6 Å². The van der Waals surface area contributed by atoms with Gasteiger partial charge in [-0.25, -0.2) is 4.79 Å². The van der Waals surface area contributed by atoms with E-state index in [0.29, 0.717) is 50.1 Å². The lowest BCUT2D eigenvalue weighted by molar-refractivity contribution is 0.0375. The lowest BCUT2D eigenvalue weighted by Crippen LogP contribution is -2.49. The fourth-order valence-corrected chi connectivity index (χ4v) is 4.60. The van der Waals surface area contributed by atoms with Crippen LogP contribution in [-0.2, 0) is 11.3 Å². The van der Waals surface area contributed by atoms with Crippen LogP contribution in [0.3, 0.4) is 0 Å². The summed E-state index contributed by atoms with van der Waals surface area (Å²) in [5, 5.41) is 0.851. The number of benzene rings is 1. The molecule has 1 saturated heterocycles. The van der Waals surface area contributed by atoms with Crippen molar-refractivity contribution in [1.29, 1.82) is 0 Å². The SMILES string of the molecule is CC(C)OC(=O)c1c(N2CCN(C(=O)c3ccco3)CC2)c2ccccc2n(CC2CC2)c1=O. The predicted octanol–water partition coefficient (Wildman–Crippen LogP) is 3.53. The van der Waals surface area contributed by atoms with E-state index in [4.69, 9.17) is 9.15 Å². The van der Waals surface area contributed by atoms with Gasteiger partial charge in [-0.1, -0.05) is 18.2 Å². The molecular formula is C26H29N3O5. The van der Waals surface area contributed by atoms with Gasteiger partial charge in [0.25, 0.3) is 11.5 Å². The maximum Gasteiger partial charge on any atom is 0.346 e. The van der Waals surface area contributed by atoms with E-state index >= 15 is 0 Å². The largest absolute Gasteiger partial charge is 0.459 e. The molecule has 0 spiro atoms. The second-order valence-electron chi connectivity index (χ2n) is 9.31. The Morgan fingerprint density at radius 2 is 1.79 bits per heavy atom. The summed E-state index contributed by atoms with van der Waals surface area (Å²) in [5.41, 5.74) is 1.20. The summed E-state index contributed by atoms with van der Waals surface area (Å²) < 4.78 is 12.5. The van der Waals surface area contributed by atoms with E-state index in [0.717, 1.165) is 23.7 Å². The smallest absolute Gasteiger partial charge is 0.346 e. The highest BCUT2D eigenvalue weighted by atomic mass is 16.5. The first-order valence-electron chi connectivity index (χ1n) is 11.9. The van der Waals surface area contributed by atoms with Gasteiger partial charge in [0, 0.05) is 38.1 Å². The molecule has 2 aliphatic rings. The van der Waals surface area contributed by atoms with Crippen LogP contribution in [0.4, 0.5) is 5.69 Å². The van der Waals surface area contributed by atoms with E-state index in [-0.39, 0.29) is 23.1 Å². The van der Waals surface area contributed by atoms with Crippen LogP contribution in [-0.4, -0.2) is 53.6 Å². The summed E-state index contributed by atoms with van der Waals surface area (Å²) in [4.78, 5) is 43.4. The number of nitrogens with zero attached hydrogens (tertiary/aromatic N) is 3. The van der Waals surface area contributed by atoms with Crippen molar-refractivity contribution in [2.45, 2.75) is 39.3 Å². The Balaban J connectivity index is 1.55. The first-order valence-corrected chi connectivity index (χ1v) is 11.9. The fraction of sp³-hybridized carbons (Fsp3) is 0.423. The molecule has 1 amide bonds. The van der Waals surface area contributed by atoms with E-state index in [1.54, 1.807) is 35.4 Å². The van der Waals surface area contributed by atoms with Crippen molar-refractivity contribution in [2.24, 2.45) is 5.92 Å². The third-order valence-electron chi connectivity index (χ3n) is 6.45. The molecule has 0 unspecified atom stereocenters. The van der Waals surface area contributed by atoms with Crippen molar-refractivity contribution < 1.29 is 18.7 Å². The third kappa shape index (κ3) is 4.20. The number of aromatic nitrogens is 1. The highest BCUT2D eigenvalue weighted by Crippen LogP contribution is 2.34. The predicted molar refractivity (Wildman–Crippen MR) is 128 cm³/mol. The van der Waals surface area contributed by atoms with Gasteiger partial charge in [-0.15, -0.1) is 0 Å².